The average molecular weight is 385 g/mol. The van der Waals surface area contributed by atoms with E-state index in [1.54, 1.807) is 0 Å². The Morgan fingerprint density at radius 1 is 1.14 bits per heavy atom. The van der Waals surface area contributed by atoms with Gasteiger partial charge < -0.3 is 10.4 Å². The number of aryl methyl sites for hydroxylation is 2. The van der Waals surface area contributed by atoms with Crippen LogP contribution in [0.2, 0.25) is 0 Å². The minimum absolute atomic E-state index is 0.0639. The van der Waals surface area contributed by atoms with Crippen LogP contribution in [0.3, 0.4) is 0 Å². The van der Waals surface area contributed by atoms with E-state index >= 15 is 0 Å². The molecule has 2 heterocycles. The first kappa shape index (κ1) is 19.4. The fourth-order valence-electron chi connectivity index (χ4n) is 3.10. The summed E-state index contributed by atoms with van der Waals surface area (Å²) in [6, 6.07) is 7.76. The molecule has 3 aromatic rings. The Bertz CT molecular complexity index is 1140. The Balaban J connectivity index is 2.08. The number of aromatic nitrogens is 4. The summed E-state index contributed by atoms with van der Waals surface area (Å²) in [5.41, 5.74) is 1.01. The molecule has 0 fully saturated rings. The Morgan fingerprint density at radius 2 is 1.82 bits per heavy atom. The number of aliphatic carboxylic acids is 1. The second-order valence-corrected chi connectivity index (χ2v) is 6.72. The second kappa shape index (κ2) is 7.71. The molecular weight excluding hydrogens is 362 g/mol. The molecule has 2 aromatic heterocycles. The Morgan fingerprint density at radius 3 is 2.43 bits per heavy atom. The Labute approximate surface area is 160 Å². The number of anilines is 2. The van der Waals surface area contributed by atoms with Gasteiger partial charge in [-0.2, -0.15) is 4.98 Å². The van der Waals surface area contributed by atoms with E-state index in [2.05, 4.69) is 17.2 Å². The molecule has 0 saturated heterocycles. The summed E-state index contributed by atoms with van der Waals surface area (Å²) in [6.45, 7) is 1.68. The summed E-state index contributed by atoms with van der Waals surface area (Å²) in [5.74, 6) is -0.926. The van der Waals surface area contributed by atoms with Crippen molar-refractivity contribution in [3.05, 3.63) is 50.7 Å². The fraction of sp³-hybridized carbons (Fsp3) is 0.368. The van der Waals surface area contributed by atoms with Crippen molar-refractivity contribution in [2.24, 2.45) is 14.1 Å². The highest BCUT2D eigenvalue weighted by Gasteiger charge is 2.20. The van der Waals surface area contributed by atoms with Crippen molar-refractivity contribution in [2.45, 2.75) is 32.7 Å². The van der Waals surface area contributed by atoms with Crippen molar-refractivity contribution < 1.29 is 9.90 Å². The van der Waals surface area contributed by atoms with Crippen molar-refractivity contribution in [1.82, 2.24) is 18.7 Å². The normalized spacial score (nSPS) is 11.1. The van der Waals surface area contributed by atoms with E-state index in [1.807, 2.05) is 24.3 Å². The van der Waals surface area contributed by atoms with Gasteiger partial charge in [0, 0.05) is 19.8 Å². The lowest BCUT2D eigenvalue weighted by Crippen LogP contribution is -2.37. The molecule has 0 atom stereocenters. The number of carbonyl (C=O) groups is 1. The van der Waals surface area contributed by atoms with Gasteiger partial charge in [0.15, 0.2) is 11.2 Å². The van der Waals surface area contributed by atoms with Gasteiger partial charge in [-0.3, -0.25) is 23.3 Å². The summed E-state index contributed by atoms with van der Waals surface area (Å²) in [4.78, 5) is 40.4. The molecule has 28 heavy (non-hydrogen) atoms. The van der Waals surface area contributed by atoms with Crippen molar-refractivity contribution in [1.29, 1.82) is 0 Å². The highest BCUT2D eigenvalue weighted by atomic mass is 16.4. The first-order chi connectivity index (χ1) is 13.3. The first-order valence-corrected chi connectivity index (χ1v) is 9.07. The molecular formula is C19H23N5O4. The molecule has 0 radical (unpaired) electrons. The maximum absolute atomic E-state index is 12.6. The van der Waals surface area contributed by atoms with E-state index in [9.17, 15) is 19.5 Å². The number of fused-ring (bicyclic) bond motifs is 1. The molecule has 2 N–H and O–H groups in total. The van der Waals surface area contributed by atoms with Crippen molar-refractivity contribution in [3.63, 3.8) is 0 Å². The molecule has 0 saturated carbocycles. The van der Waals surface area contributed by atoms with Crippen LogP contribution in [0.15, 0.2) is 33.9 Å². The number of unbranched alkanes of at least 4 members (excludes halogenated alkanes) is 1. The molecule has 0 amide bonds. The van der Waals surface area contributed by atoms with Crippen molar-refractivity contribution >= 4 is 28.8 Å². The van der Waals surface area contributed by atoms with Crippen LogP contribution in [-0.4, -0.2) is 29.8 Å². The summed E-state index contributed by atoms with van der Waals surface area (Å²) >= 11 is 0. The van der Waals surface area contributed by atoms with Gasteiger partial charge in [-0.1, -0.05) is 25.5 Å². The summed E-state index contributed by atoms with van der Waals surface area (Å²) in [7, 11) is 2.85. The van der Waals surface area contributed by atoms with E-state index in [0.29, 0.717) is 5.69 Å². The molecule has 9 heteroatoms. The number of benzene rings is 1. The highest BCUT2D eigenvalue weighted by molar-refractivity contribution is 5.79. The Hall–Kier alpha value is -3.36. The molecule has 0 aliphatic heterocycles. The van der Waals surface area contributed by atoms with E-state index in [4.69, 9.17) is 0 Å². The lowest BCUT2D eigenvalue weighted by atomic mass is 10.1. The monoisotopic (exact) mass is 385 g/mol. The standard InChI is InChI=1S/C19H23N5O4/c1-4-5-6-12-7-9-13(10-8-12)20-18-21-16-15(24(18)11-14(25)26)17(27)23(3)19(28)22(16)2/h7-10H,4-6,11H2,1-3H3,(H,20,21)(H,25,26). The predicted octanol–water partition coefficient (Wildman–Crippen LogP) is 1.60. The minimum Gasteiger partial charge on any atom is -0.480 e. The molecule has 9 nitrogen and oxygen atoms in total. The van der Waals surface area contributed by atoms with Crippen LogP contribution in [0, 0.1) is 0 Å². The Kier molecular flexibility index (Phi) is 5.34. The van der Waals surface area contributed by atoms with Gasteiger partial charge in [-0.25, -0.2) is 4.79 Å². The molecule has 148 valence electrons. The molecule has 0 spiro atoms. The number of imidazole rings is 1. The smallest absolute Gasteiger partial charge is 0.332 e. The van der Waals surface area contributed by atoms with E-state index in [1.165, 1.54) is 28.8 Å². The van der Waals surface area contributed by atoms with Gasteiger partial charge in [0.1, 0.15) is 6.54 Å². The van der Waals surface area contributed by atoms with Gasteiger partial charge in [-0.15, -0.1) is 0 Å². The van der Waals surface area contributed by atoms with Crippen LogP contribution in [-0.2, 0) is 31.9 Å². The van der Waals surface area contributed by atoms with Gasteiger partial charge >= 0.3 is 11.7 Å². The topological polar surface area (TPSA) is 111 Å². The third kappa shape index (κ3) is 3.55. The number of carboxylic acid groups (broad SMARTS) is 1. The lowest BCUT2D eigenvalue weighted by molar-refractivity contribution is -0.137. The quantitative estimate of drug-likeness (QED) is 0.639. The SMILES string of the molecule is CCCCc1ccc(Nc2nc3c(c(=O)n(C)c(=O)n3C)n2CC(=O)O)cc1. The zero-order valence-corrected chi connectivity index (χ0v) is 16.1. The lowest BCUT2D eigenvalue weighted by Gasteiger charge is -2.09. The maximum Gasteiger partial charge on any atom is 0.332 e. The molecule has 0 aliphatic rings. The molecule has 3 rings (SSSR count). The predicted molar refractivity (Wildman–Crippen MR) is 106 cm³/mol. The van der Waals surface area contributed by atoms with Crippen LogP contribution >= 0.6 is 0 Å². The number of hydrogen-bond acceptors (Lipinski definition) is 5. The maximum atomic E-state index is 12.6. The van der Waals surface area contributed by atoms with Gasteiger partial charge in [0.2, 0.25) is 5.95 Å². The molecule has 0 bridgehead atoms. The zero-order chi connectivity index (χ0) is 20.4. The largest absolute Gasteiger partial charge is 0.480 e. The van der Waals surface area contributed by atoms with Crippen LogP contribution in [0.5, 0.6) is 0 Å². The number of nitrogens with zero attached hydrogens (tertiary/aromatic N) is 4. The fourth-order valence-corrected chi connectivity index (χ4v) is 3.10. The third-order valence-corrected chi connectivity index (χ3v) is 4.67. The molecule has 0 unspecified atom stereocenters. The van der Waals surface area contributed by atoms with Crippen LogP contribution in [0.1, 0.15) is 25.3 Å². The summed E-state index contributed by atoms with van der Waals surface area (Å²) in [6.07, 6.45) is 3.22. The van der Waals surface area contributed by atoms with Crippen LogP contribution in [0.25, 0.3) is 11.2 Å². The van der Waals surface area contributed by atoms with E-state index < -0.39 is 23.8 Å². The van der Waals surface area contributed by atoms with Crippen LogP contribution in [0.4, 0.5) is 11.6 Å². The van der Waals surface area contributed by atoms with Crippen LogP contribution < -0.4 is 16.6 Å². The zero-order valence-electron chi connectivity index (χ0n) is 16.1. The van der Waals surface area contributed by atoms with Crippen molar-refractivity contribution in [2.75, 3.05) is 5.32 Å². The molecule has 1 aromatic carbocycles. The summed E-state index contributed by atoms with van der Waals surface area (Å²) in [5, 5.41) is 12.4. The number of hydrogen-bond donors (Lipinski definition) is 2. The first-order valence-electron chi connectivity index (χ1n) is 9.07. The number of nitrogens with one attached hydrogen (secondary N) is 1. The number of rotatable bonds is 7. The highest BCUT2D eigenvalue weighted by Crippen LogP contribution is 2.21. The van der Waals surface area contributed by atoms with Gasteiger partial charge in [-0.05, 0) is 30.5 Å². The summed E-state index contributed by atoms with van der Waals surface area (Å²) < 4.78 is 3.45. The molecule has 0 aliphatic carbocycles. The van der Waals surface area contributed by atoms with Gasteiger partial charge in [0.25, 0.3) is 5.56 Å². The second-order valence-electron chi connectivity index (χ2n) is 6.72. The van der Waals surface area contributed by atoms with E-state index in [-0.39, 0.29) is 17.1 Å². The third-order valence-electron chi connectivity index (χ3n) is 4.67. The van der Waals surface area contributed by atoms with Gasteiger partial charge in [0.05, 0.1) is 0 Å². The van der Waals surface area contributed by atoms with E-state index in [0.717, 1.165) is 23.8 Å². The average Bonchev–Trinajstić information content (AvgIpc) is 3.01. The number of carboxylic acids is 1. The van der Waals surface area contributed by atoms with Crippen molar-refractivity contribution in [3.8, 4) is 0 Å². The minimum atomic E-state index is -1.12.